The van der Waals surface area contributed by atoms with E-state index in [1.165, 1.54) is 12.1 Å². The standard InChI is InChI=1S/C11H14Cl2FN/c1-3-15-6-7(2)8-4-11(14)10(13)5-9(8)12/h4-5,7,15H,3,6H2,1-2H3. The van der Waals surface area contributed by atoms with Crippen molar-refractivity contribution in [2.24, 2.45) is 0 Å². The maximum Gasteiger partial charge on any atom is 0.142 e. The normalized spacial score (nSPS) is 12.9. The fraction of sp³-hybridized carbons (Fsp3) is 0.455. The van der Waals surface area contributed by atoms with Crippen molar-refractivity contribution in [2.45, 2.75) is 19.8 Å². The Morgan fingerprint density at radius 2 is 2.00 bits per heavy atom. The Labute approximate surface area is 99.6 Å². The Balaban J connectivity index is 2.88. The Morgan fingerprint density at radius 3 is 2.60 bits per heavy atom. The van der Waals surface area contributed by atoms with Crippen LogP contribution in [0.5, 0.6) is 0 Å². The first kappa shape index (κ1) is 12.8. The number of hydrogen-bond acceptors (Lipinski definition) is 1. The van der Waals surface area contributed by atoms with Crippen LogP contribution in [0.2, 0.25) is 10.0 Å². The second-order valence-electron chi connectivity index (χ2n) is 3.50. The van der Waals surface area contributed by atoms with Gasteiger partial charge in [0.05, 0.1) is 5.02 Å². The predicted octanol–water partition coefficient (Wildman–Crippen LogP) is 3.85. The van der Waals surface area contributed by atoms with Gasteiger partial charge in [-0.2, -0.15) is 0 Å². The third-order valence-corrected chi connectivity index (χ3v) is 2.89. The van der Waals surface area contributed by atoms with Crippen molar-refractivity contribution in [1.82, 2.24) is 5.32 Å². The lowest BCUT2D eigenvalue weighted by Gasteiger charge is -2.14. The summed E-state index contributed by atoms with van der Waals surface area (Å²) in [6.45, 7) is 5.68. The highest BCUT2D eigenvalue weighted by Crippen LogP contribution is 2.29. The first-order chi connectivity index (χ1) is 7.06. The molecule has 4 heteroatoms. The van der Waals surface area contributed by atoms with Crippen molar-refractivity contribution in [3.8, 4) is 0 Å². The molecule has 0 saturated carbocycles. The van der Waals surface area contributed by atoms with E-state index in [9.17, 15) is 4.39 Å². The zero-order valence-corrected chi connectivity index (χ0v) is 10.3. The van der Waals surface area contributed by atoms with Crippen LogP contribution in [-0.4, -0.2) is 13.1 Å². The number of nitrogens with one attached hydrogen (secondary N) is 1. The molecular formula is C11H14Cl2FN. The van der Waals surface area contributed by atoms with E-state index in [0.717, 1.165) is 18.7 Å². The molecule has 15 heavy (non-hydrogen) atoms. The summed E-state index contributed by atoms with van der Waals surface area (Å²) in [5, 5.41) is 3.78. The van der Waals surface area contributed by atoms with Crippen LogP contribution < -0.4 is 5.32 Å². The molecule has 0 heterocycles. The van der Waals surface area contributed by atoms with Crippen LogP contribution in [0.15, 0.2) is 12.1 Å². The first-order valence-corrected chi connectivity index (χ1v) is 5.67. The number of rotatable bonds is 4. The van der Waals surface area contributed by atoms with Gasteiger partial charge in [-0.05, 0) is 30.2 Å². The van der Waals surface area contributed by atoms with Crippen molar-refractivity contribution < 1.29 is 4.39 Å². The van der Waals surface area contributed by atoms with E-state index in [2.05, 4.69) is 5.32 Å². The van der Waals surface area contributed by atoms with Gasteiger partial charge in [-0.15, -0.1) is 0 Å². The highest BCUT2D eigenvalue weighted by molar-refractivity contribution is 6.35. The summed E-state index contributed by atoms with van der Waals surface area (Å²) in [4.78, 5) is 0. The van der Waals surface area contributed by atoms with Crippen molar-refractivity contribution in [1.29, 1.82) is 0 Å². The molecule has 1 N–H and O–H groups in total. The van der Waals surface area contributed by atoms with E-state index < -0.39 is 5.82 Å². The number of likely N-dealkylation sites (N-methyl/N-ethyl adjacent to an activating group) is 1. The molecule has 0 saturated heterocycles. The molecule has 1 nitrogen and oxygen atoms in total. The highest BCUT2D eigenvalue weighted by atomic mass is 35.5. The molecule has 1 rings (SSSR count). The molecule has 84 valence electrons. The van der Waals surface area contributed by atoms with E-state index in [1.807, 2.05) is 13.8 Å². The topological polar surface area (TPSA) is 12.0 Å². The zero-order valence-electron chi connectivity index (χ0n) is 8.78. The van der Waals surface area contributed by atoms with Gasteiger partial charge in [-0.25, -0.2) is 4.39 Å². The monoisotopic (exact) mass is 249 g/mol. The molecule has 0 fully saturated rings. The lowest BCUT2D eigenvalue weighted by molar-refractivity contribution is 0.608. The Hall–Kier alpha value is -0.310. The van der Waals surface area contributed by atoms with Crippen LogP contribution in [-0.2, 0) is 0 Å². The van der Waals surface area contributed by atoms with Crippen molar-refractivity contribution >= 4 is 23.2 Å². The number of halogens is 3. The molecule has 0 amide bonds. The third-order valence-electron chi connectivity index (χ3n) is 2.27. The molecule has 0 aromatic heterocycles. The largest absolute Gasteiger partial charge is 0.316 e. The van der Waals surface area contributed by atoms with E-state index in [0.29, 0.717) is 5.02 Å². The second-order valence-corrected chi connectivity index (χ2v) is 4.31. The summed E-state index contributed by atoms with van der Waals surface area (Å²) in [6, 6.07) is 2.86. The average molecular weight is 250 g/mol. The van der Waals surface area contributed by atoms with Gasteiger partial charge in [-0.1, -0.05) is 37.0 Å². The zero-order chi connectivity index (χ0) is 11.4. The van der Waals surface area contributed by atoms with Gasteiger partial charge in [0.2, 0.25) is 0 Å². The summed E-state index contributed by atoms with van der Waals surface area (Å²) < 4.78 is 13.2. The molecule has 0 spiro atoms. The van der Waals surface area contributed by atoms with Gasteiger partial charge < -0.3 is 5.32 Å². The average Bonchev–Trinajstić information content (AvgIpc) is 2.20. The number of benzene rings is 1. The van der Waals surface area contributed by atoms with Crippen LogP contribution in [0.4, 0.5) is 4.39 Å². The van der Waals surface area contributed by atoms with Crippen molar-refractivity contribution in [2.75, 3.05) is 13.1 Å². The third kappa shape index (κ3) is 3.33. The molecule has 1 unspecified atom stereocenters. The van der Waals surface area contributed by atoms with Crippen molar-refractivity contribution in [3.63, 3.8) is 0 Å². The minimum atomic E-state index is -0.417. The summed E-state index contributed by atoms with van der Waals surface area (Å²) in [6.07, 6.45) is 0. The molecule has 0 aliphatic carbocycles. The summed E-state index contributed by atoms with van der Waals surface area (Å²) in [7, 11) is 0. The summed E-state index contributed by atoms with van der Waals surface area (Å²) in [5.74, 6) is -0.247. The van der Waals surface area contributed by atoms with Gasteiger partial charge in [0, 0.05) is 11.6 Å². The van der Waals surface area contributed by atoms with Crippen LogP contribution in [0.3, 0.4) is 0 Å². The Kier molecular flexibility index (Phi) is 4.84. The molecule has 0 aliphatic heterocycles. The molecule has 0 aliphatic rings. The second kappa shape index (κ2) is 5.69. The van der Waals surface area contributed by atoms with Gasteiger partial charge in [0.25, 0.3) is 0 Å². The SMILES string of the molecule is CCNCC(C)c1cc(F)c(Cl)cc1Cl. The maximum absolute atomic E-state index is 13.2. The smallest absolute Gasteiger partial charge is 0.142 e. The Bertz CT molecular complexity index is 342. The predicted molar refractivity (Wildman–Crippen MR) is 63.4 cm³/mol. The van der Waals surface area contributed by atoms with Crippen LogP contribution >= 0.6 is 23.2 Å². The molecule has 1 aromatic rings. The lowest BCUT2D eigenvalue weighted by atomic mass is 10.0. The Morgan fingerprint density at radius 1 is 1.33 bits per heavy atom. The lowest BCUT2D eigenvalue weighted by Crippen LogP contribution is -2.19. The van der Waals surface area contributed by atoms with Gasteiger partial charge in [-0.3, -0.25) is 0 Å². The van der Waals surface area contributed by atoms with Gasteiger partial charge >= 0.3 is 0 Å². The summed E-state index contributed by atoms with van der Waals surface area (Å²) >= 11 is 11.6. The van der Waals surface area contributed by atoms with Gasteiger partial charge in [0.15, 0.2) is 0 Å². The molecule has 0 radical (unpaired) electrons. The van der Waals surface area contributed by atoms with Crippen molar-refractivity contribution in [3.05, 3.63) is 33.6 Å². The first-order valence-electron chi connectivity index (χ1n) is 4.91. The van der Waals surface area contributed by atoms with E-state index in [4.69, 9.17) is 23.2 Å². The van der Waals surface area contributed by atoms with Crippen LogP contribution in [0.1, 0.15) is 25.3 Å². The fourth-order valence-electron chi connectivity index (χ4n) is 1.39. The molecule has 0 bridgehead atoms. The molecule has 1 atom stereocenters. The maximum atomic E-state index is 13.2. The number of hydrogen-bond donors (Lipinski definition) is 1. The van der Waals surface area contributed by atoms with E-state index >= 15 is 0 Å². The molecule has 1 aromatic carbocycles. The van der Waals surface area contributed by atoms with Crippen LogP contribution in [0, 0.1) is 5.82 Å². The molecular weight excluding hydrogens is 236 g/mol. The van der Waals surface area contributed by atoms with E-state index in [-0.39, 0.29) is 10.9 Å². The minimum absolute atomic E-state index is 0.0689. The fourth-order valence-corrected chi connectivity index (χ4v) is 1.96. The van der Waals surface area contributed by atoms with Crippen LogP contribution in [0.25, 0.3) is 0 Å². The summed E-state index contributed by atoms with van der Waals surface area (Å²) in [5.41, 5.74) is 0.791. The van der Waals surface area contributed by atoms with E-state index in [1.54, 1.807) is 0 Å². The quantitative estimate of drug-likeness (QED) is 0.800. The highest BCUT2D eigenvalue weighted by Gasteiger charge is 2.12. The van der Waals surface area contributed by atoms with Gasteiger partial charge in [0.1, 0.15) is 5.82 Å². The minimum Gasteiger partial charge on any atom is -0.316 e.